The van der Waals surface area contributed by atoms with Crippen LogP contribution in [0.1, 0.15) is 12.0 Å². The molecule has 1 aromatic carbocycles. The van der Waals surface area contributed by atoms with E-state index in [9.17, 15) is 0 Å². The molecule has 0 aromatic heterocycles. The molecule has 0 bridgehead atoms. The Morgan fingerprint density at radius 3 is 2.69 bits per heavy atom. The molecular weight excluding hydrogens is 336 g/mol. The standard InChI is InChI=1S/C12H14Br2O2/c1-7-5-8(13)3-4-10(7)16-11-6-9(14)12(11)15-2/h3-5,9,11-12H,6H2,1-2H3. The van der Waals surface area contributed by atoms with E-state index >= 15 is 0 Å². The van der Waals surface area contributed by atoms with Crippen LogP contribution in [0.2, 0.25) is 0 Å². The van der Waals surface area contributed by atoms with Gasteiger partial charge in [0.1, 0.15) is 18.0 Å². The molecule has 16 heavy (non-hydrogen) atoms. The van der Waals surface area contributed by atoms with Gasteiger partial charge in [0.25, 0.3) is 0 Å². The fourth-order valence-corrected chi connectivity index (χ4v) is 3.25. The van der Waals surface area contributed by atoms with E-state index in [1.807, 2.05) is 19.1 Å². The van der Waals surface area contributed by atoms with Crippen LogP contribution in [0.4, 0.5) is 0 Å². The third kappa shape index (κ3) is 2.44. The smallest absolute Gasteiger partial charge is 0.127 e. The molecule has 4 heteroatoms. The zero-order valence-corrected chi connectivity index (χ0v) is 12.4. The number of ether oxygens (including phenoxy) is 2. The van der Waals surface area contributed by atoms with E-state index in [0.29, 0.717) is 4.83 Å². The van der Waals surface area contributed by atoms with E-state index < -0.39 is 0 Å². The molecule has 0 heterocycles. The van der Waals surface area contributed by atoms with Crippen LogP contribution in [0.3, 0.4) is 0 Å². The lowest BCUT2D eigenvalue weighted by Crippen LogP contribution is -2.51. The van der Waals surface area contributed by atoms with E-state index in [1.54, 1.807) is 7.11 Å². The summed E-state index contributed by atoms with van der Waals surface area (Å²) < 4.78 is 12.4. The van der Waals surface area contributed by atoms with Crippen molar-refractivity contribution in [3.63, 3.8) is 0 Å². The minimum Gasteiger partial charge on any atom is -0.487 e. The second-order valence-corrected chi connectivity index (χ2v) is 6.11. The number of alkyl halides is 1. The summed E-state index contributed by atoms with van der Waals surface area (Å²) in [5.41, 5.74) is 1.14. The average Bonchev–Trinajstić information content (AvgIpc) is 2.21. The predicted molar refractivity (Wildman–Crippen MR) is 71.4 cm³/mol. The van der Waals surface area contributed by atoms with Gasteiger partial charge in [0.2, 0.25) is 0 Å². The topological polar surface area (TPSA) is 18.5 Å². The van der Waals surface area contributed by atoms with Crippen LogP contribution in [0.25, 0.3) is 0 Å². The van der Waals surface area contributed by atoms with Crippen LogP contribution in [-0.4, -0.2) is 24.1 Å². The molecule has 3 atom stereocenters. The largest absolute Gasteiger partial charge is 0.487 e. The maximum atomic E-state index is 5.93. The van der Waals surface area contributed by atoms with Crippen molar-refractivity contribution in [2.75, 3.05) is 7.11 Å². The van der Waals surface area contributed by atoms with E-state index in [2.05, 4.69) is 37.9 Å². The summed E-state index contributed by atoms with van der Waals surface area (Å²) in [5.74, 6) is 0.939. The number of methoxy groups -OCH3 is 1. The molecule has 0 amide bonds. The molecule has 0 radical (unpaired) electrons. The van der Waals surface area contributed by atoms with Crippen molar-refractivity contribution < 1.29 is 9.47 Å². The summed E-state index contributed by atoms with van der Waals surface area (Å²) in [4.78, 5) is 0.415. The fourth-order valence-electron chi connectivity index (χ4n) is 1.85. The SMILES string of the molecule is COC1C(Br)CC1Oc1ccc(Br)cc1C. The highest BCUT2D eigenvalue weighted by atomic mass is 79.9. The Labute approximate surface area is 113 Å². The Balaban J connectivity index is 2.04. The van der Waals surface area contributed by atoms with Crippen LogP contribution in [0.5, 0.6) is 5.75 Å². The molecular formula is C12H14Br2O2. The molecule has 0 spiro atoms. The molecule has 0 N–H and O–H groups in total. The highest BCUT2D eigenvalue weighted by Crippen LogP contribution is 2.35. The van der Waals surface area contributed by atoms with Gasteiger partial charge < -0.3 is 9.47 Å². The van der Waals surface area contributed by atoms with Crippen LogP contribution < -0.4 is 4.74 Å². The zero-order valence-electron chi connectivity index (χ0n) is 9.24. The molecule has 1 aliphatic rings. The van der Waals surface area contributed by atoms with E-state index in [4.69, 9.17) is 9.47 Å². The number of hydrogen-bond donors (Lipinski definition) is 0. The maximum absolute atomic E-state index is 5.93. The number of hydrogen-bond acceptors (Lipinski definition) is 2. The van der Waals surface area contributed by atoms with Gasteiger partial charge in [0.15, 0.2) is 0 Å². The van der Waals surface area contributed by atoms with Crippen molar-refractivity contribution in [1.82, 2.24) is 0 Å². The lowest BCUT2D eigenvalue weighted by Gasteiger charge is -2.40. The molecule has 3 unspecified atom stereocenters. The molecule has 1 aliphatic carbocycles. The van der Waals surface area contributed by atoms with Crippen LogP contribution in [0.15, 0.2) is 22.7 Å². The highest BCUT2D eigenvalue weighted by molar-refractivity contribution is 9.10. The summed E-state index contributed by atoms with van der Waals surface area (Å²) in [7, 11) is 1.73. The predicted octanol–water partition coefficient (Wildman–Crippen LogP) is 3.69. The lowest BCUT2D eigenvalue weighted by molar-refractivity contribution is -0.0547. The third-order valence-corrected chi connectivity index (χ3v) is 4.26. The number of rotatable bonds is 3. The lowest BCUT2D eigenvalue weighted by atomic mass is 9.91. The Bertz CT molecular complexity index is 381. The first-order chi connectivity index (χ1) is 7.61. The first-order valence-electron chi connectivity index (χ1n) is 5.21. The molecule has 2 nitrogen and oxygen atoms in total. The molecule has 2 rings (SSSR count). The van der Waals surface area contributed by atoms with Crippen molar-refractivity contribution in [2.45, 2.75) is 30.4 Å². The van der Waals surface area contributed by atoms with Gasteiger partial charge in [0.05, 0.1) is 0 Å². The van der Waals surface area contributed by atoms with E-state index in [-0.39, 0.29) is 12.2 Å². The summed E-state index contributed by atoms with van der Waals surface area (Å²) >= 11 is 7.00. The van der Waals surface area contributed by atoms with Gasteiger partial charge in [-0.15, -0.1) is 0 Å². The Hall–Kier alpha value is -0.0600. The normalized spacial score (nSPS) is 28.6. The van der Waals surface area contributed by atoms with Crippen LogP contribution in [0, 0.1) is 6.92 Å². The summed E-state index contributed by atoms with van der Waals surface area (Å²) in [6, 6.07) is 6.05. The van der Waals surface area contributed by atoms with Crippen molar-refractivity contribution in [1.29, 1.82) is 0 Å². The van der Waals surface area contributed by atoms with Gasteiger partial charge in [-0.1, -0.05) is 31.9 Å². The summed E-state index contributed by atoms with van der Waals surface area (Å²) in [6.45, 7) is 2.05. The van der Waals surface area contributed by atoms with Crippen LogP contribution in [-0.2, 0) is 4.74 Å². The van der Waals surface area contributed by atoms with E-state index in [1.165, 1.54) is 0 Å². The molecule has 88 valence electrons. The van der Waals surface area contributed by atoms with Crippen LogP contribution >= 0.6 is 31.9 Å². The Kier molecular flexibility index (Phi) is 3.93. The minimum absolute atomic E-state index is 0.156. The maximum Gasteiger partial charge on any atom is 0.127 e. The molecule has 1 saturated carbocycles. The van der Waals surface area contributed by atoms with Gasteiger partial charge in [-0.2, -0.15) is 0 Å². The van der Waals surface area contributed by atoms with Gasteiger partial charge in [-0.3, -0.25) is 0 Å². The van der Waals surface area contributed by atoms with Gasteiger partial charge in [0, 0.05) is 22.8 Å². The third-order valence-electron chi connectivity index (χ3n) is 2.87. The first-order valence-corrected chi connectivity index (χ1v) is 6.92. The second kappa shape index (κ2) is 5.07. The van der Waals surface area contributed by atoms with Crippen molar-refractivity contribution in [2.24, 2.45) is 0 Å². The number of halogens is 2. The highest BCUT2D eigenvalue weighted by Gasteiger charge is 2.41. The van der Waals surface area contributed by atoms with Gasteiger partial charge in [-0.05, 0) is 30.7 Å². The minimum atomic E-state index is 0.156. The zero-order chi connectivity index (χ0) is 11.7. The summed E-state index contributed by atoms with van der Waals surface area (Å²) in [6.07, 6.45) is 1.31. The van der Waals surface area contributed by atoms with Crippen molar-refractivity contribution in [3.05, 3.63) is 28.2 Å². The number of aryl methyl sites for hydroxylation is 1. The molecule has 0 aliphatic heterocycles. The second-order valence-electron chi connectivity index (χ2n) is 4.02. The monoisotopic (exact) mass is 348 g/mol. The molecule has 1 fully saturated rings. The average molecular weight is 350 g/mol. The van der Waals surface area contributed by atoms with Gasteiger partial charge >= 0.3 is 0 Å². The van der Waals surface area contributed by atoms with E-state index in [0.717, 1.165) is 22.2 Å². The fraction of sp³-hybridized carbons (Fsp3) is 0.500. The first kappa shape index (κ1) is 12.4. The van der Waals surface area contributed by atoms with Crippen molar-refractivity contribution >= 4 is 31.9 Å². The van der Waals surface area contributed by atoms with Crippen molar-refractivity contribution in [3.8, 4) is 5.75 Å². The Morgan fingerprint density at radius 1 is 1.38 bits per heavy atom. The van der Waals surface area contributed by atoms with Gasteiger partial charge in [-0.25, -0.2) is 0 Å². The summed E-state index contributed by atoms with van der Waals surface area (Å²) in [5, 5.41) is 0. The molecule has 0 saturated heterocycles. The quantitative estimate of drug-likeness (QED) is 0.775. The Morgan fingerprint density at radius 2 is 2.12 bits per heavy atom. The molecule has 1 aromatic rings. The number of benzene rings is 1.